The lowest BCUT2D eigenvalue weighted by Gasteiger charge is -2.16. The van der Waals surface area contributed by atoms with Crippen molar-refractivity contribution in [1.82, 2.24) is 15.1 Å². The van der Waals surface area contributed by atoms with Crippen molar-refractivity contribution in [2.24, 2.45) is 0 Å². The van der Waals surface area contributed by atoms with E-state index in [0.29, 0.717) is 0 Å². The van der Waals surface area contributed by atoms with Gasteiger partial charge in [-0.05, 0) is 46.7 Å². The van der Waals surface area contributed by atoms with Gasteiger partial charge in [0.25, 0.3) is 0 Å². The molecule has 0 aliphatic rings. The first-order valence-corrected chi connectivity index (χ1v) is 5.93. The highest BCUT2D eigenvalue weighted by Crippen LogP contribution is 2.02. The molecule has 1 aromatic heterocycles. The molecule has 4 heteroatoms. The normalized spacial score (nSPS) is 15.1. The topological polar surface area (TPSA) is 50.1 Å². The first-order chi connectivity index (χ1) is 7.50. The third-order valence-corrected chi connectivity index (χ3v) is 2.84. The molecule has 0 bridgehead atoms. The average Bonchev–Trinajstić information content (AvgIpc) is 2.51. The maximum absolute atomic E-state index is 9.30. The van der Waals surface area contributed by atoms with Crippen LogP contribution < -0.4 is 5.32 Å². The van der Waals surface area contributed by atoms with Crippen molar-refractivity contribution >= 4 is 0 Å². The van der Waals surface area contributed by atoms with E-state index in [1.165, 1.54) is 5.69 Å². The van der Waals surface area contributed by atoms with Crippen molar-refractivity contribution in [1.29, 1.82) is 0 Å². The van der Waals surface area contributed by atoms with Crippen LogP contribution in [0.3, 0.4) is 0 Å². The SMILES string of the molecule is Cc1cc(C)n(CCCNC(C)C(C)O)n1. The molecular formula is C12H23N3O. The molecule has 0 aliphatic heterocycles. The molecule has 1 heterocycles. The van der Waals surface area contributed by atoms with E-state index in [1.54, 1.807) is 6.92 Å². The third-order valence-electron chi connectivity index (χ3n) is 2.84. The van der Waals surface area contributed by atoms with Gasteiger partial charge >= 0.3 is 0 Å². The Bertz CT molecular complexity index is 320. The minimum Gasteiger partial charge on any atom is -0.392 e. The van der Waals surface area contributed by atoms with Gasteiger partial charge in [0.05, 0.1) is 11.8 Å². The second kappa shape index (κ2) is 6.01. The number of aryl methyl sites for hydroxylation is 3. The average molecular weight is 225 g/mol. The molecule has 0 aliphatic carbocycles. The Hall–Kier alpha value is -0.870. The largest absolute Gasteiger partial charge is 0.392 e. The molecule has 2 unspecified atom stereocenters. The molecule has 0 aromatic carbocycles. The number of aliphatic hydroxyl groups is 1. The molecule has 2 N–H and O–H groups in total. The monoisotopic (exact) mass is 225 g/mol. The molecule has 92 valence electrons. The van der Waals surface area contributed by atoms with Gasteiger partial charge in [-0.1, -0.05) is 0 Å². The standard InChI is InChI=1S/C12H23N3O/c1-9-8-10(2)15(14-9)7-5-6-13-11(3)12(4)16/h8,11-13,16H,5-7H2,1-4H3. The number of nitrogens with one attached hydrogen (secondary N) is 1. The number of rotatable bonds is 6. The molecule has 0 fully saturated rings. The third kappa shape index (κ3) is 3.94. The lowest BCUT2D eigenvalue weighted by Crippen LogP contribution is -2.36. The van der Waals surface area contributed by atoms with E-state index >= 15 is 0 Å². The maximum atomic E-state index is 9.30. The van der Waals surface area contributed by atoms with Crippen molar-refractivity contribution in [3.8, 4) is 0 Å². The number of aromatic nitrogens is 2. The van der Waals surface area contributed by atoms with E-state index in [-0.39, 0.29) is 12.1 Å². The molecule has 0 saturated carbocycles. The van der Waals surface area contributed by atoms with Crippen molar-refractivity contribution in [2.75, 3.05) is 6.54 Å². The van der Waals surface area contributed by atoms with Crippen molar-refractivity contribution in [3.63, 3.8) is 0 Å². The Morgan fingerprint density at radius 1 is 1.44 bits per heavy atom. The highest BCUT2D eigenvalue weighted by Gasteiger charge is 2.06. The summed E-state index contributed by atoms with van der Waals surface area (Å²) in [6.45, 7) is 9.72. The second-order valence-electron chi connectivity index (χ2n) is 4.49. The van der Waals surface area contributed by atoms with Crippen LogP contribution in [-0.4, -0.2) is 33.6 Å². The highest BCUT2D eigenvalue weighted by atomic mass is 16.3. The van der Waals surface area contributed by atoms with E-state index in [1.807, 2.05) is 18.5 Å². The fraction of sp³-hybridized carbons (Fsp3) is 0.750. The van der Waals surface area contributed by atoms with Crippen molar-refractivity contribution in [2.45, 2.75) is 52.8 Å². The molecule has 0 amide bonds. The van der Waals surface area contributed by atoms with Gasteiger partial charge in [-0.25, -0.2) is 0 Å². The summed E-state index contributed by atoms with van der Waals surface area (Å²) < 4.78 is 2.03. The minimum absolute atomic E-state index is 0.153. The van der Waals surface area contributed by atoms with E-state index < -0.39 is 0 Å². The molecule has 1 aromatic rings. The molecule has 1 rings (SSSR count). The lowest BCUT2D eigenvalue weighted by molar-refractivity contribution is 0.152. The zero-order chi connectivity index (χ0) is 12.1. The minimum atomic E-state index is -0.298. The van der Waals surface area contributed by atoms with Gasteiger partial charge in [0.2, 0.25) is 0 Å². The van der Waals surface area contributed by atoms with Gasteiger partial charge in [0, 0.05) is 18.3 Å². The van der Waals surface area contributed by atoms with Gasteiger partial charge in [-0.15, -0.1) is 0 Å². The second-order valence-corrected chi connectivity index (χ2v) is 4.49. The highest BCUT2D eigenvalue weighted by molar-refractivity contribution is 5.06. The maximum Gasteiger partial charge on any atom is 0.0662 e. The molecule has 0 saturated heterocycles. The first-order valence-electron chi connectivity index (χ1n) is 5.93. The van der Waals surface area contributed by atoms with Crippen LogP contribution in [-0.2, 0) is 6.54 Å². The summed E-state index contributed by atoms with van der Waals surface area (Å²) in [6, 6.07) is 2.24. The van der Waals surface area contributed by atoms with E-state index in [0.717, 1.165) is 25.2 Å². The molecule has 4 nitrogen and oxygen atoms in total. The number of aliphatic hydroxyl groups excluding tert-OH is 1. The molecule has 16 heavy (non-hydrogen) atoms. The predicted octanol–water partition coefficient (Wildman–Crippen LogP) is 1.25. The van der Waals surface area contributed by atoms with Gasteiger partial charge < -0.3 is 10.4 Å². The van der Waals surface area contributed by atoms with Crippen LogP contribution in [0.4, 0.5) is 0 Å². The number of hydrogen-bond acceptors (Lipinski definition) is 3. The predicted molar refractivity (Wildman–Crippen MR) is 65.5 cm³/mol. The Labute approximate surface area is 97.7 Å². The first kappa shape index (κ1) is 13.2. The van der Waals surface area contributed by atoms with Crippen LogP contribution in [0.25, 0.3) is 0 Å². The Balaban J connectivity index is 2.23. The zero-order valence-electron chi connectivity index (χ0n) is 10.7. The van der Waals surface area contributed by atoms with Crippen LogP contribution in [0, 0.1) is 13.8 Å². The van der Waals surface area contributed by atoms with Crippen LogP contribution in [0.15, 0.2) is 6.07 Å². The summed E-state index contributed by atoms with van der Waals surface area (Å²) in [5, 5.41) is 17.0. The molecule has 2 atom stereocenters. The van der Waals surface area contributed by atoms with Crippen LogP contribution >= 0.6 is 0 Å². The van der Waals surface area contributed by atoms with Gasteiger partial charge in [-0.3, -0.25) is 4.68 Å². The summed E-state index contributed by atoms with van der Waals surface area (Å²) in [4.78, 5) is 0. The summed E-state index contributed by atoms with van der Waals surface area (Å²) in [6.07, 6.45) is 0.729. The Kier molecular flexibility index (Phi) is 4.96. The summed E-state index contributed by atoms with van der Waals surface area (Å²) in [5.41, 5.74) is 2.28. The van der Waals surface area contributed by atoms with Crippen LogP contribution in [0.2, 0.25) is 0 Å². The quantitative estimate of drug-likeness (QED) is 0.716. The smallest absolute Gasteiger partial charge is 0.0662 e. The number of hydrogen-bond donors (Lipinski definition) is 2. The zero-order valence-corrected chi connectivity index (χ0v) is 10.7. The fourth-order valence-electron chi connectivity index (χ4n) is 1.63. The summed E-state index contributed by atoms with van der Waals surface area (Å²) in [7, 11) is 0. The Morgan fingerprint density at radius 3 is 2.62 bits per heavy atom. The number of nitrogens with zero attached hydrogens (tertiary/aromatic N) is 2. The molecule has 0 radical (unpaired) electrons. The van der Waals surface area contributed by atoms with Gasteiger partial charge in [0.15, 0.2) is 0 Å². The van der Waals surface area contributed by atoms with Crippen molar-refractivity contribution < 1.29 is 5.11 Å². The molecular weight excluding hydrogens is 202 g/mol. The van der Waals surface area contributed by atoms with Crippen molar-refractivity contribution in [3.05, 3.63) is 17.5 Å². The van der Waals surface area contributed by atoms with E-state index in [2.05, 4.69) is 23.4 Å². The molecule has 0 spiro atoms. The van der Waals surface area contributed by atoms with Gasteiger partial charge in [0.1, 0.15) is 0 Å². The fourth-order valence-corrected chi connectivity index (χ4v) is 1.63. The lowest BCUT2D eigenvalue weighted by atomic mass is 10.2. The van der Waals surface area contributed by atoms with E-state index in [9.17, 15) is 5.11 Å². The summed E-state index contributed by atoms with van der Waals surface area (Å²) in [5.74, 6) is 0. The van der Waals surface area contributed by atoms with Crippen LogP contribution in [0.1, 0.15) is 31.7 Å². The Morgan fingerprint density at radius 2 is 2.12 bits per heavy atom. The van der Waals surface area contributed by atoms with Crippen LogP contribution in [0.5, 0.6) is 0 Å². The van der Waals surface area contributed by atoms with E-state index in [4.69, 9.17) is 0 Å². The van der Waals surface area contributed by atoms with Gasteiger partial charge in [-0.2, -0.15) is 5.10 Å². The summed E-state index contributed by atoms with van der Waals surface area (Å²) >= 11 is 0.